The highest BCUT2D eigenvalue weighted by Gasteiger charge is 2.38. The van der Waals surface area contributed by atoms with E-state index in [9.17, 15) is 37.7 Å². The zero-order valence-electron chi connectivity index (χ0n) is 15.7. The molecule has 0 atom stereocenters. The van der Waals surface area contributed by atoms with Crippen LogP contribution in [-0.4, -0.2) is 42.6 Å². The zero-order chi connectivity index (χ0) is 23.2. The lowest BCUT2D eigenvalue weighted by molar-refractivity contribution is -0.383. The number of alkyl halides is 3. The summed E-state index contributed by atoms with van der Waals surface area (Å²) < 4.78 is 46.6. The maximum Gasteiger partial charge on any atom is 0.471 e. The Morgan fingerprint density at radius 3 is 2.42 bits per heavy atom. The molecule has 10 nitrogen and oxygen atoms in total. The van der Waals surface area contributed by atoms with E-state index in [0.29, 0.717) is 0 Å². The number of nitrogens with one attached hydrogen (secondary N) is 2. The molecular weight excluding hydrogens is 427 g/mol. The molecule has 0 aliphatic carbocycles. The number of carbonyl (C=O) groups excluding carboxylic acids is 3. The van der Waals surface area contributed by atoms with Gasteiger partial charge in [-0.05, 0) is 24.3 Å². The standard InChI is InChI=1S/C18H14F3N3O7/c1-30-12-5-6-14(24(28)29)13(8-12)23-15(25)9-31-16(26)10-3-2-4-11(7-10)22-17(27)18(19,20)21/h2-8H,9H2,1H3,(H,22,27)(H,23,25). The predicted octanol–water partition coefficient (Wildman–Crippen LogP) is 2.90. The molecule has 31 heavy (non-hydrogen) atoms. The van der Waals surface area contributed by atoms with Crippen molar-refractivity contribution >= 4 is 34.8 Å². The van der Waals surface area contributed by atoms with Crippen molar-refractivity contribution in [3.63, 3.8) is 0 Å². The van der Waals surface area contributed by atoms with Gasteiger partial charge in [-0.25, -0.2) is 4.79 Å². The van der Waals surface area contributed by atoms with E-state index in [0.717, 1.165) is 18.2 Å². The fourth-order valence-corrected chi connectivity index (χ4v) is 2.23. The molecule has 0 aromatic heterocycles. The Labute approximate surface area is 172 Å². The number of benzene rings is 2. The number of halogens is 3. The Morgan fingerprint density at radius 1 is 1.10 bits per heavy atom. The smallest absolute Gasteiger partial charge is 0.471 e. The Morgan fingerprint density at radius 2 is 1.81 bits per heavy atom. The van der Waals surface area contributed by atoms with Crippen LogP contribution in [0.25, 0.3) is 0 Å². The first kappa shape index (κ1) is 23.1. The zero-order valence-corrected chi connectivity index (χ0v) is 15.7. The monoisotopic (exact) mass is 441 g/mol. The summed E-state index contributed by atoms with van der Waals surface area (Å²) in [7, 11) is 1.32. The van der Waals surface area contributed by atoms with Gasteiger partial charge in [-0.2, -0.15) is 13.2 Å². The van der Waals surface area contributed by atoms with Crippen LogP contribution in [-0.2, 0) is 14.3 Å². The molecule has 13 heteroatoms. The summed E-state index contributed by atoms with van der Waals surface area (Å²) in [5.74, 6) is -3.97. The van der Waals surface area contributed by atoms with Crippen LogP contribution < -0.4 is 15.4 Å². The average molecular weight is 441 g/mol. The summed E-state index contributed by atoms with van der Waals surface area (Å²) in [6, 6.07) is 8.06. The third-order valence-corrected chi connectivity index (χ3v) is 3.62. The first-order chi connectivity index (χ1) is 14.5. The summed E-state index contributed by atoms with van der Waals surface area (Å²) in [6.45, 7) is -0.841. The van der Waals surface area contributed by atoms with Gasteiger partial charge in [0.25, 0.3) is 11.6 Å². The first-order valence-electron chi connectivity index (χ1n) is 8.29. The van der Waals surface area contributed by atoms with Gasteiger partial charge in [0.1, 0.15) is 11.4 Å². The van der Waals surface area contributed by atoms with Crippen LogP contribution in [0.5, 0.6) is 5.75 Å². The Kier molecular flexibility index (Phi) is 7.13. The van der Waals surface area contributed by atoms with E-state index < -0.39 is 41.2 Å². The highest BCUT2D eigenvalue weighted by molar-refractivity contribution is 5.99. The fraction of sp³-hybridized carbons (Fsp3) is 0.167. The summed E-state index contributed by atoms with van der Waals surface area (Å²) >= 11 is 0. The van der Waals surface area contributed by atoms with E-state index in [1.165, 1.54) is 31.4 Å². The molecule has 0 radical (unpaired) electrons. The van der Waals surface area contributed by atoms with Gasteiger partial charge in [-0.1, -0.05) is 6.07 Å². The van der Waals surface area contributed by atoms with Gasteiger partial charge in [0.05, 0.1) is 17.6 Å². The molecule has 0 aliphatic rings. The molecular formula is C18H14F3N3O7. The molecule has 0 bridgehead atoms. The van der Waals surface area contributed by atoms with Crippen LogP contribution in [0.1, 0.15) is 10.4 Å². The molecule has 2 aromatic carbocycles. The number of amides is 2. The van der Waals surface area contributed by atoms with E-state index in [1.807, 2.05) is 0 Å². The highest BCUT2D eigenvalue weighted by Crippen LogP contribution is 2.28. The molecule has 0 saturated heterocycles. The third-order valence-electron chi connectivity index (χ3n) is 3.62. The number of ether oxygens (including phenoxy) is 2. The number of nitro groups is 1. The third kappa shape index (κ3) is 6.42. The molecule has 0 unspecified atom stereocenters. The number of carbonyl (C=O) groups is 3. The average Bonchev–Trinajstić information content (AvgIpc) is 2.71. The van der Waals surface area contributed by atoms with Crippen LogP contribution in [0.15, 0.2) is 42.5 Å². The molecule has 0 fully saturated rings. The fourth-order valence-electron chi connectivity index (χ4n) is 2.23. The molecule has 164 valence electrons. The normalized spacial score (nSPS) is 10.7. The van der Waals surface area contributed by atoms with Gasteiger partial charge in [0, 0.05) is 17.8 Å². The number of nitrogens with zero attached hydrogens (tertiary/aromatic N) is 1. The van der Waals surface area contributed by atoms with Crippen LogP contribution in [0.2, 0.25) is 0 Å². The molecule has 0 saturated carbocycles. The maximum absolute atomic E-state index is 12.3. The number of methoxy groups -OCH3 is 1. The summed E-state index contributed by atoms with van der Waals surface area (Å²) in [5, 5.41) is 14.8. The lowest BCUT2D eigenvalue weighted by atomic mass is 10.2. The van der Waals surface area contributed by atoms with Crippen molar-refractivity contribution in [2.45, 2.75) is 6.18 Å². The Balaban J connectivity index is 2.02. The number of nitro benzene ring substituents is 1. The minimum absolute atomic E-state index is 0.192. The molecule has 0 spiro atoms. The van der Waals surface area contributed by atoms with Crippen molar-refractivity contribution in [3.05, 3.63) is 58.1 Å². The van der Waals surface area contributed by atoms with Crippen molar-refractivity contribution in [1.29, 1.82) is 0 Å². The summed E-state index contributed by atoms with van der Waals surface area (Å²) in [4.78, 5) is 45.3. The predicted molar refractivity (Wildman–Crippen MR) is 99.7 cm³/mol. The molecule has 2 N–H and O–H groups in total. The number of rotatable bonds is 7. The van der Waals surface area contributed by atoms with Gasteiger partial charge in [0.2, 0.25) is 0 Å². The van der Waals surface area contributed by atoms with Gasteiger partial charge in [-0.3, -0.25) is 19.7 Å². The second-order valence-corrected chi connectivity index (χ2v) is 5.80. The van der Waals surface area contributed by atoms with E-state index in [4.69, 9.17) is 9.47 Å². The summed E-state index contributed by atoms with van der Waals surface area (Å²) in [6.07, 6.45) is -5.11. The number of anilines is 2. The maximum atomic E-state index is 12.3. The topological polar surface area (TPSA) is 137 Å². The molecule has 0 aliphatic heterocycles. The number of hydrogen-bond acceptors (Lipinski definition) is 7. The largest absolute Gasteiger partial charge is 0.497 e. The first-order valence-corrected chi connectivity index (χ1v) is 8.29. The van der Waals surface area contributed by atoms with E-state index in [-0.39, 0.29) is 22.7 Å². The summed E-state index contributed by atoms with van der Waals surface area (Å²) in [5.41, 5.74) is -1.16. The minimum Gasteiger partial charge on any atom is -0.497 e. The van der Waals surface area contributed by atoms with Gasteiger partial charge in [0.15, 0.2) is 6.61 Å². The van der Waals surface area contributed by atoms with Crippen molar-refractivity contribution in [2.75, 3.05) is 24.4 Å². The Bertz CT molecular complexity index is 1020. The molecule has 2 aromatic rings. The lowest BCUT2D eigenvalue weighted by Gasteiger charge is -2.10. The van der Waals surface area contributed by atoms with Gasteiger partial charge in [-0.15, -0.1) is 0 Å². The van der Waals surface area contributed by atoms with Gasteiger partial charge >= 0.3 is 18.1 Å². The van der Waals surface area contributed by atoms with Gasteiger partial charge < -0.3 is 20.1 Å². The number of hydrogen-bond donors (Lipinski definition) is 2. The van der Waals surface area contributed by atoms with Crippen molar-refractivity contribution < 1.29 is 42.0 Å². The van der Waals surface area contributed by atoms with Crippen molar-refractivity contribution in [2.24, 2.45) is 0 Å². The van der Waals surface area contributed by atoms with E-state index >= 15 is 0 Å². The van der Waals surface area contributed by atoms with Crippen molar-refractivity contribution in [3.8, 4) is 5.75 Å². The molecule has 2 rings (SSSR count). The highest BCUT2D eigenvalue weighted by atomic mass is 19.4. The van der Waals surface area contributed by atoms with Crippen molar-refractivity contribution in [1.82, 2.24) is 0 Å². The van der Waals surface area contributed by atoms with Crippen LogP contribution in [0, 0.1) is 10.1 Å². The molecule has 0 heterocycles. The lowest BCUT2D eigenvalue weighted by Crippen LogP contribution is -2.30. The second-order valence-electron chi connectivity index (χ2n) is 5.80. The Hall–Kier alpha value is -4.16. The quantitative estimate of drug-likeness (QED) is 0.383. The van der Waals surface area contributed by atoms with Crippen LogP contribution in [0.4, 0.5) is 30.2 Å². The van der Waals surface area contributed by atoms with E-state index in [1.54, 1.807) is 5.32 Å². The number of esters is 1. The minimum atomic E-state index is -5.11. The molecule has 2 amide bonds. The second kappa shape index (κ2) is 9.56. The van der Waals surface area contributed by atoms with E-state index in [2.05, 4.69) is 5.32 Å². The van der Waals surface area contributed by atoms with Crippen LogP contribution in [0.3, 0.4) is 0 Å². The SMILES string of the molecule is COc1ccc([N+](=O)[O-])c(NC(=O)COC(=O)c2cccc(NC(=O)C(F)(F)F)c2)c1. The van der Waals surface area contributed by atoms with Crippen LogP contribution >= 0.6 is 0 Å².